The van der Waals surface area contributed by atoms with E-state index < -0.39 is 17.6 Å². The summed E-state index contributed by atoms with van der Waals surface area (Å²) in [7, 11) is 0. The van der Waals surface area contributed by atoms with E-state index >= 15 is 0 Å². The van der Waals surface area contributed by atoms with Crippen LogP contribution in [0.3, 0.4) is 0 Å². The highest BCUT2D eigenvalue weighted by atomic mass is 32.1. The number of anilines is 1. The van der Waals surface area contributed by atoms with Crippen molar-refractivity contribution in [1.29, 1.82) is 0 Å². The maximum absolute atomic E-state index is 12.3. The summed E-state index contributed by atoms with van der Waals surface area (Å²) >= 11 is 5.06. The Morgan fingerprint density at radius 3 is 2.46 bits per heavy atom. The molecule has 0 spiro atoms. The quantitative estimate of drug-likeness (QED) is 0.603. The fourth-order valence-corrected chi connectivity index (χ4v) is 2.52. The van der Waals surface area contributed by atoms with Gasteiger partial charge in [0.25, 0.3) is 5.91 Å². The smallest absolute Gasteiger partial charge is 0.339 e. The van der Waals surface area contributed by atoms with Crippen molar-refractivity contribution < 1.29 is 29.3 Å². The number of carboxylic acids is 1. The number of hydrogen-bond donors (Lipinski definition) is 4. The molecule has 0 saturated heterocycles. The number of aromatic hydroxyl groups is 1. The first kappa shape index (κ1) is 17.5. The molecule has 0 atom stereocenters. The second-order valence-corrected chi connectivity index (χ2v) is 5.71. The van der Waals surface area contributed by atoms with Gasteiger partial charge in [-0.05, 0) is 42.5 Å². The Morgan fingerprint density at radius 1 is 1.04 bits per heavy atom. The number of hydrogen-bond acceptors (Lipinski definition) is 6. The number of phenols is 1. The molecule has 3 rings (SSSR count). The maximum atomic E-state index is 12.3. The molecule has 2 aromatic carbocycles. The first-order valence-electron chi connectivity index (χ1n) is 7.52. The van der Waals surface area contributed by atoms with E-state index in [2.05, 4.69) is 10.6 Å². The summed E-state index contributed by atoms with van der Waals surface area (Å²) in [6.45, 7) is 0.869. The summed E-state index contributed by atoms with van der Waals surface area (Å²) in [5, 5.41) is 23.7. The standard InChI is InChI=1S/C17H14N2O6S/c20-12-8-10(2-3-11(12)16(22)23)18-17(26)19-15(21)9-1-4-13-14(7-9)25-6-5-24-13/h1-4,7-8,20H,5-6H2,(H,22,23)(H2,18,19,21,26). The predicted molar refractivity (Wildman–Crippen MR) is 96.2 cm³/mol. The van der Waals surface area contributed by atoms with Gasteiger partial charge in [-0.2, -0.15) is 0 Å². The number of rotatable bonds is 3. The van der Waals surface area contributed by atoms with Gasteiger partial charge in [0.1, 0.15) is 24.5 Å². The van der Waals surface area contributed by atoms with Crippen molar-refractivity contribution in [3.8, 4) is 17.2 Å². The number of carbonyl (C=O) groups is 2. The summed E-state index contributed by atoms with van der Waals surface area (Å²) in [5.41, 5.74) is 0.434. The topological polar surface area (TPSA) is 117 Å². The third kappa shape index (κ3) is 3.83. The van der Waals surface area contributed by atoms with Crippen molar-refractivity contribution in [2.24, 2.45) is 0 Å². The Morgan fingerprint density at radius 2 is 1.77 bits per heavy atom. The molecule has 1 amide bonds. The third-order valence-electron chi connectivity index (χ3n) is 3.52. The monoisotopic (exact) mass is 374 g/mol. The summed E-state index contributed by atoms with van der Waals surface area (Å²) in [6, 6.07) is 8.63. The van der Waals surface area contributed by atoms with Crippen molar-refractivity contribution in [3.63, 3.8) is 0 Å². The summed E-state index contributed by atoms with van der Waals surface area (Å²) < 4.78 is 10.8. The Bertz CT molecular complexity index is 899. The van der Waals surface area contributed by atoms with E-state index in [-0.39, 0.29) is 10.7 Å². The summed E-state index contributed by atoms with van der Waals surface area (Å²) in [6.07, 6.45) is 0. The largest absolute Gasteiger partial charge is 0.507 e. The van der Waals surface area contributed by atoms with Gasteiger partial charge in [0.05, 0.1) is 0 Å². The Kier molecular flexibility index (Phi) is 4.90. The van der Waals surface area contributed by atoms with Gasteiger partial charge in [-0.15, -0.1) is 0 Å². The van der Waals surface area contributed by atoms with Crippen LogP contribution in [0.4, 0.5) is 5.69 Å². The van der Waals surface area contributed by atoms with Gasteiger partial charge in [0.2, 0.25) is 0 Å². The highest BCUT2D eigenvalue weighted by Crippen LogP contribution is 2.30. The second-order valence-electron chi connectivity index (χ2n) is 5.30. The molecule has 0 bridgehead atoms. The molecule has 1 aliphatic rings. The minimum Gasteiger partial charge on any atom is -0.507 e. The zero-order valence-corrected chi connectivity index (χ0v) is 14.1. The molecular formula is C17H14N2O6S. The molecule has 2 aromatic rings. The molecule has 0 fully saturated rings. The molecule has 8 nitrogen and oxygen atoms in total. The number of nitrogens with one attached hydrogen (secondary N) is 2. The first-order valence-corrected chi connectivity index (χ1v) is 7.93. The molecule has 26 heavy (non-hydrogen) atoms. The minimum atomic E-state index is -1.25. The fraction of sp³-hybridized carbons (Fsp3) is 0.118. The van der Waals surface area contributed by atoms with Crippen LogP contribution in [0.25, 0.3) is 0 Å². The van der Waals surface area contributed by atoms with E-state index in [0.717, 1.165) is 0 Å². The fourth-order valence-electron chi connectivity index (χ4n) is 2.31. The predicted octanol–water partition coefficient (Wildman–Crippen LogP) is 1.99. The van der Waals surface area contributed by atoms with Crippen LogP contribution in [0.1, 0.15) is 20.7 Å². The zero-order chi connectivity index (χ0) is 18.7. The lowest BCUT2D eigenvalue weighted by Crippen LogP contribution is -2.34. The lowest BCUT2D eigenvalue weighted by Gasteiger charge is -2.18. The number of aromatic carboxylic acids is 1. The maximum Gasteiger partial charge on any atom is 0.339 e. The number of carboxylic acid groups (broad SMARTS) is 1. The average molecular weight is 374 g/mol. The lowest BCUT2D eigenvalue weighted by molar-refractivity contribution is 0.0693. The van der Waals surface area contributed by atoms with Gasteiger partial charge in [-0.25, -0.2) is 4.79 Å². The number of carbonyl (C=O) groups excluding carboxylic acids is 1. The molecule has 0 aromatic heterocycles. The number of benzene rings is 2. The van der Waals surface area contributed by atoms with Crippen molar-refractivity contribution >= 4 is 34.9 Å². The first-order chi connectivity index (χ1) is 12.4. The van der Waals surface area contributed by atoms with Gasteiger partial charge < -0.3 is 25.0 Å². The molecule has 0 saturated carbocycles. The number of ether oxygens (including phenoxy) is 2. The van der Waals surface area contributed by atoms with E-state index in [1.54, 1.807) is 18.2 Å². The highest BCUT2D eigenvalue weighted by Gasteiger charge is 2.16. The second kappa shape index (κ2) is 7.28. The molecule has 1 heterocycles. The van der Waals surface area contributed by atoms with Crippen LogP contribution >= 0.6 is 12.2 Å². The van der Waals surface area contributed by atoms with Crippen LogP contribution in [-0.2, 0) is 0 Å². The molecule has 4 N–H and O–H groups in total. The molecule has 9 heteroatoms. The van der Waals surface area contributed by atoms with Gasteiger partial charge in [0, 0.05) is 17.3 Å². The van der Waals surface area contributed by atoms with Crippen LogP contribution in [0.2, 0.25) is 0 Å². The molecule has 0 unspecified atom stereocenters. The van der Waals surface area contributed by atoms with Crippen LogP contribution in [0.5, 0.6) is 17.2 Å². The summed E-state index contributed by atoms with van der Waals surface area (Å²) in [4.78, 5) is 23.2. The van der Waals surface area contributed by atoms with Crippen LogP contribution in [-0.4, -0.2) is 40.4 Å². The van der Waals surface area contributed by atoms with Gasteiger partial charge in [-0.1, -0.05) is 0 Å². The van der Waals surface area contributed by atoms with E-state index in [1.807, 2.05) is 0 Å². The van der Waals surface area contributed by atoms with E-state index in [0.29, 0.717) is 36.0 Å². The molecule has 134 valence electrons. The Labute approximate surface area is 153 Å². The van der Waals surface area contributed by atoms with Crippen LogP contribution in [0.15, 0.2) is 36.4 Å². The van der Waals surface area contributed by atoms with E-state index in [4.69, 9.17) is 26.8 Å². The van der Waals surface area contributed by atoms with Gasteiger partial charge >= 0.3 is 5.97 Å². The molecule has 0 radical (unpaired) electrons. The van der Waals surface area contributed by atoms with E-state index in [1.165, 1.54) is 18.2 Å². The van der Waals surface area contributed by atoms with Gasteiger partial charge in [0.15, 0.2) is 16.6 Å². The third-order valence-corrected chi connectivity index (χ3v) is 3.72. The van der Waals surface area contributed by atoms with E-state index in [9.17, 15) is 14.7 Å². The van der Waals surface area contributed by atoms with Crippen molar-refractivity contribution in [2.45, 2.75) is 0 Å². The molecule has 0 aliphatic carbocycles. The zero-order valence-electron chi connectivity index (χ0n) is 13.3. The Balaban J connectivity index is 1.65. The average Bonchev–Trinajstić information content (AvgIpc) is 2.60. The normalized spacial score (nSPS) is 12.2. The van der Waals surface area contributed by atoms with Crippen LogP contribution in [0, 0.1) is 0 Å². The van der Waals surface area contributed by atoms with Crippen LogP contribution < -0.4 is 20.1 Å². The van der Waals surface area contributed by atoms with Crippen molar-refractivity contribution in [3.05, 3.63) is 47.5 Å². The number of thiocarbonyl (C=S) groups is 1. The van der Waals surface area contributed by atoms with Gasteiger partial charge in [-0.3, -0.25) is 10.1 Å². The SMILES string of the molecule is O=C(NC(=S)Nc1ccc(C(=O)O)c(O)c1)c1ccc2c(c1)OCCO2. The van der Waals surface area contributed by atoms with Crippen molar-refractivity contribution in [1.82, 2.24) is 5.32 Å². The Hall–Kier alpha value is -3.33. The lowest BCUT2D eigenvalue weighted by atomic mass is 10.2. The molecular weight excluding hydrogens is 360 g/mol. The molecule has 1 aliphatic heterocycles. The van der Waals surface area contributed by atoms with Crippen molar-refractivity contribution in [2.75, 3.05) is 18.5 Å². The summed E-state index contributed by atoms with van der Waals surface area (Å²) in [5.74, 6) is -1.06. The minimum absolute atomic E-state index is 0.00707. The number of amides is 1. The number of fused-ring (bicyclic) bond motifs is 1. The highest BCUT2D eigenvalue weighted by molar-refractivity contribution is 7.80.